The van der Waals surface area contributed by atoms with E-state index < -0.39 is 0 Å². The fourth-order valence-corrected chi connectivity index (χ4v) is 5.30. The first-order chi connectivity index (χ1) is 14.8. The van der Waals surface area contributed by atoms with E-state index in [0.717, 1.165) is 50.4 Å². The Kier molecular flexibility index (Phi) is 7.57. The number of thioether (sulfide) groups is 1. The van der Waals surface area contributed by atoms with Gasteiger partial charge in [-0.15, -0.1) is 0 Å². The van der Waals surface area contributed by atoms with Gasteiger partial charge in [0.15, 0.2) is 0 Å². The summed E-state index contributed by atoms with van der Waals surface area (Å²) in [6.07, 6.45) is 3.61. The highest BCUT2D eigenvalue weighted by molar-refractivity contribution is 8.26. The Morgan fingerprint density at radius 3 is 2.42 bits per heavy atom. The number of nitrogens with zero attached hydrogens (tertiary/aromatic N) is 5. The lowest BCUT2D eigenvalue weighted by Crippen LogP contribution is -2.47. The molecule has 0 radical (unpaired) electrons. The van der Waals surface area contributed by atoms with Gasteiger partial charge in [-0.25, -0.2) is 0 Å². The minimum atomic E-state index is -0.249. The molecular weight excluding hydrogens is 430 g/mol. The molecule has 166 valence electrons. The molecule has 0 aliphatic carbocycles. The molecule has 2 saturated heterocycles. The molecule has 0 N–H and O–H groups in total. The smallest absolute Gasteiger partial charge is 0.270 e. The maximum Gasteiger partial charge on any atom is 0.270 e. The summed E-state index contributed by atoms with van der Waals surface area (Å²) in [7, 11) is 2.09. The number of piperazine rings is 1. The number of carbonyl (C=O) groups is 1. The lowest BCUT2D eigenvalue weighted by atomic mass is 10.0. The molecule has 1 aromatic rings. The number of hydrogen-bond acceptors (Lipinski definition) is 7. The van der Waals surface area contributed by atoms with Crippen molar-refractivity contribution < 1.29 is 4.79 Å². The van der Waals surface area contributed by atoms with Crippen LogP contribution in [0.1, 0.15) is 43.4 Å². The molecule has 2 aliphatic rings. The number of pyridine rings is 1. The van der Waals surface area contributed by atoms with Crippen LogP contribution in [0.25, 0.3) is 6.08 Å². The van der Waals surface area contributed by atoms with Crippen molar-refractivity contribution in [2.45, 2.75) is 40.2 Å². The predicted octanol–water partition coefficient (Wildman–Crippen LogP) is 2.80. The van der Waals surface area contributed by atoms with Gasteiger partial charge in [-0.2, -0.15) is 5.26 Å². The van der Waals surface area contributed by atoms with Gasteiger partial charge in [-0.3, -0.25) is 19.1 Å². The molecule has 0 aromatic carbocycles. The maximum atomic E-state index is 13.2. The molecule has 0 unspecified atom stereocenters. The van der Waals surface area contributed by atoms with Gasteiger partial charge in [0.05, 0.1) is 4.91 Å². The summed E-state index contributed by atoms with van der Waals surface area (Å²) in [6.45, 7) is 10.2. The molecule has 0 saturated carbocycles. The molecule has 3 heterocycles. The lowest BCUT2D eigenvalue weighted by Gasteiger charge is -2.36. The first-order valence-corrected chi connectivity index (χ1v) is 11.9. The molecule has 2 aliphatic heterocycles. The number of aromatic nitrogens is 1. The van der Waals surface area contributed by atoms with E-state index in [1.54, 1.807) is 16.4 Å². The van der Waals surface area contributed by atoms with Crippen LogP contribution in [-0.2, 0) is 11.3 Å². The zero-order valence-electron chi connectivity index (χ0n) is 18.6. The van der Waals surface area contributed by atoms with Gasteiger partial charge in [0.25, 0.3) is 11.5 Å². The van der Waals surface area contributed by atoms with E-state index in [4.69, 9.17) is 12.2 Å². The van der Waals surface area contributed by atoms with Crippen LogP contribution in [0.4, 0.5) is 5.82 Å². The van der Waals surface area contributed by atoms with Crippen LogP contribution in [0.2, 0.25) is 0 Å². The Labute approximate surface area is 193 Å². The molecule has 9 heteroatoms. The highest BCUT2D eigenvalue weighted by atomic mass is 32.2. The molecule has 0 atom stereocenters. The molecule has 2 fully saturated rings. The van der Waals surface area contributed by atoms with Crippen molar-refractivity contribution >= 4 is 46.1 Å². The van der Waals surface area contributed by atoms with Crippen LogP contribution in [0.5, 0.6) is 0 Å². The molecule has 0 bridgehead atoms. The summed E-state index contributed by atoms with van der Waals surface area (Å²) in [4.78, 5) is 32.7. The number of hydrogen-bond donors (Lipinski definition) is 0. The largest absolute Gasteiger partial charge is 0.355 e. The minimum Gasteiger partial charge on any atom is -0.355 e. The number of anilines is 1. The van der Waals surface area contributed by atoms with Crippen molar-refractivity contribution in [3.63, 3.8) is 0 Å². The summed E-state index contributed by atoms with van der Waals surface area (Å²) in [6, 6.07) is 2.11. The normalized spacial score (nSPS) is 18.9. The van der Waals surface area contributed by atoms with Crippen molar-refractivity contribution in [3.05, 3.63) is 31.9 Å². The second kappa shape index (κ2) is 9.98. The van der Waals surface area contributed by atoms with E-state index in [2.05, 4.69) is 29.8 Å². The van der Waals surface area contributed by atoms with Gasteiger partial charge in [0.1, 0.15) is 21.8 Å². The SMILES string of the molecule is CCCCn1c(N2CCN(C)CC2)c(/C=C2/SC(=S)N(CC)C2=O)c(C)c(C#N)c1=O. The topological polar surface area (TPSA) is 72.6 Å². The number of rotatable bonds is 6. The summed E-state index contributed by atoms with van der Waals surface area (Å²) in [5, 5.41) is 9.74. The van der Waals surface area contributed by atoms with E-state index in [-0.39, 0.29) is 17.0 Å². The van der Waals surface area contributed by atoms with Gasteiger partial charge in [-0.1, -0.05) is 37.3 Å². The van der Waals surface area contributed by atoms with E-state index in [1.165, 1.54) is 11.8 Å². The summed E-state index contributed by atoms with van der Waals surface area (Å²) >= 11 is 6.65. The van der Waals surface area contributed by atoms with Crippen LogP contribution in [0.3, 0.4) is 0 Å². The number of nitriles is 1. The number of carbonyl (C=O) groups excluding carboxylic acids is 1. The quantitative estimate of drug-likeness (QED) is 0.478. The van der Waals surface area contributed by atoms with Crippen molar-refractivity contribution in [2.24, 2.45) is 0 Å². The number of thiocarbonyl (C=S) groups is 1. The van der Waals surface area contributed by atoms with Crippen LogP contribution in [0.15, 0.2) is 9.70 Å². The van der Waals surface area contributed by atoms with Crippen molar-refractivity contribution in [2.75, 3.05) is 44.7 Å². The fourth-order valence-electron chi connectivity index (χ4n) is 3.93. The van der Waals surface area contributed by atoms with E-state index in [0.29, 0.717) is 27.9 Å². The first kappa shape index (κ1) is 23.5. The number of likely N-dealkylation sites (N-methyl/N-ethyl adjacent to an activating group) is 2. The van der Waals surface area contributed by atoms with Crippen molar-refractivity contribution in [1.82, 2.24) is 14.4 Å². The first-order valence-electron chi connectivity index (χ1n) is 10.7. The standard InChI is InChI=1S/C22H29N5O2S2/c1-5-7-8-27-19(25-11-9-24(4)10-12-25)16(15(3)17(14-23)20(27)28)13-18-21(29)26(6-2)22(30)31-18/h13H,5-12H2,1-4H3/b18-13+. The second-order valence-electron chi connectivity index (χ2n) is 7.88. The Morgan fingerprint density at radius 2 is 1.87 bits per heavy atom. The molecule has 3 rings (SSSR count). The Bertz CT molecular complexity index is 1020. The molecule has 1 amide bonds. The van der Waals surface area contributed by atoms with Crippen LogP contribution >= 0.6 is 24.0 Å². The van der Waals surface area contributed by atoms with E-state index >= 15 is 0 Å². The third kappa shape index (κ3) is 4.56. The Morgan fingerprint density at radius 1 is 1.19 bits per heavy atom. The van der Waals surface area contributed by atoms with Crippen molar-refractivity contribution in [1.29, 1.82) is 5.26 Å². The maximum absolute atomic E-state index is 13.2. The Balaban J connectivity index is 2.24. The molecular formula is C22H29N5O2S2. The Hall–Kier alpha value is -2.15. The van der Waals surface area contributed by atoms with Gasteiger partial charge in [0, 0.05) is 44.8 Å². The highest BCUT2D eigenvalue weighted by Crippen LogP contribution is 2.36. The van der Waals surface area contributed by atoms with E-state index in [9.17, 15) is 14.9 Å². The third-order valence-electron chi connectivity index (χ3n) is 5.85. The monoisotopic (exact) mass is 459 g/mol. The van der Waals surface area contributed by atoms with Gasteiger partial charge < -0.3 is 9.80 Å². The van der Waals surface area contributed by atoms with Crippen LogP contribution in [0, 0.1) is 18.3 Å². The molecule has 1 aromatic heterocycles. The number of unbranched alkanes of at least 4 members (excludes halogenated alkanes) is 1. The summed E-state index contributed by atoms with van der Waals surface area (Å²) in [5.41, 5.74) is 1.29. The van der Waals surface area contributed by atoms with Gasteiger partial charge >= 0.3 is 0 Å². The molecule has 0 spiro atoms. The second-order valence-corrected chi connectivity index (χ2v) is 9.55. The summed E-state index contributed by atoms with van der Waals surface area (Å²) < 4.78 is 2.28. The number of amides is 1. The van der Waals surface area contributed by atoms with Crippen LogP contribution < -0.4 is 10.5 Å². The highest BCUT2D eigenvalue weighted by Gasteiger charge is 2.32. The average Bonchev–Trinajstić information content (AvgIpc) is 3.02. The van der Waals surface area contributed by atoms with Crippen LogP contribution in [-0.4, -0.2) is 64.4 Å². The predicted molar refractivity (Wildman–Crippen MR) is 130 cm³/mol. The van der Waals surface area contributed by atoms with Gasteiger partial charge in [0.2, 0.25) is 0 Å². The van der Waals surface area contributed by atoms with Gasteiger partial charge in [-0.05, 0) is 39.0 Å². The molecule has 31 heavy (non-hydrogen) atoms. The summed E-state index contributed by atoms with van der Waals surface area (Å²) in [5.74, 6) is 0.691. The zero-order chi connectivity index (χ0) is 22.7. The average molecular weight is 460 g/mol. The lowest BCUT2D eigenvalue weighted by molar-refractivity contribution is -0.121. The van der Waals surface area contributed by atoms with Crippen molar-refractivity contribution in [3.8, 4) is 6.07 Å². The minimum absolute atomic E-state index is 0.119. The fraction of sp³-hybridized carbons (Fsp3) is 0.545. The zero-order valence-corrected chi connectivity index (χ0v) is 20.2. The van der Waals surface area contributed by atoms with E-state index in [1.807, 2.05) is 13.0 Å². The molecule has 7 nitrogen and oxygen atoms in total. The third-order valence-corrected chi connectivity index (χ3v) is 7.23.